The summed E-state index contributed by atoms with van der Waals surface area (Å²) in [4.78, 5) is 24.9. The molecule has 2 aliphatic rings. The SMILES string of the molecule is Cc1cc(C)c(CC(=O)C2CC3OC(C)(C)OC3CC2C(=O)O)c(C)c1. The fourth-order valence-corrected chi connectivity index (χ4v) is 4.56. The van der Waals surface area contributed by atoms with Crippen molar-refractivity contribution in [2.45, 2.75) is 71.9 Å². The first kappa shape index (κ1) is 19.1. The third kappa shape index (κ3) is 3.69. The van der Waals surface area contributed by atoms with E-state index in [1.165, 1.54) is 5.56 Å². The average molecular weight is 360 g/mol. The first-order chi connectivity index (χ1) is 12.1. The normalized spacial score (nSPS) is 30.0. The van der Waals surface area contributed by atoms with E-state index in [1.807, 2.05) is 34.6 Å². The fourth-order valence-electron chi connectivity index (χ4n) is 4.56. The maximum Gasteiger partial charge on any atom is 0.307 e. The Bertz CT molecular complexity index is 713. The number of rotatable bonds is 4. The molecule has 1 aromatic rings. The van der Waals surface area contributed by atoms with Crippen LogP contribution in [0, 0.1) is 32.6 Å². The van der Waals surface area contributed by atoms with Crippen LogP contribution in [0.1, 0.15) is 48.9 Å². The summed E-state index contributed by atoms with van der Waals surface area (Å²) in [5.41, 5.74) is 4.34. The highest BCUT2D eigenvalue weighted by molar-refractivity contribution is 5.88. The second-order valence-corrected chi connectivity index (χ2v) is 8.26. The summed E-state index contributed by atoms with van der Waals surface area (Å²) in [6, 6.07) is 4.13. The van der Waals surface area contributed by atoms with Gasteiger partial charge in [0.1, 0.15) is 5.78 Å². The number of ether oxygens (including phenoxy) is 2. The van der Waals surface area contributed by atoms with E-state index in [9.17, 15) is 14.7 Å². The lowest BCUT2D eigenvalue weighted by Gasteiger charge is -2.33. The van der Waals surface area contributed by atoms with Gasteiger partial charge >= 0.3 is 5.97 Å². The van der Waals surface area contributed by atoms with Crippen LogP contribution in [0.5, 0.6) is 0 Å². The van der Waals surface area contributed by atoms with Crippen LogP contribution < -0.4 is 0 Å². The average Bonchev–Trinajstić information content (AvgIpc) is 2.82. The van der Waals surface area contributed by atoms with Crippen molar-refractivity contribution in [1.82, 2.24) is 0 Å². The number of hydrogen-bond acceptors (Lipinski definition) is 4. The number of hydrogen-bond donors (Lipinski definition) is 1. The van der Waals surface area contributed by atoms with E-state index in [4.69, 9.17) is 9.47 Å². The van der Waals surface area contributed by atoms with E-state index >= 15 is 0 Å². The number of benzene rings is 1. The maximum absolute atomic E-state index is 13.1. The number of carbonyl (C=O) groups is 2. The lowest BCUT2D eigenvalue weighted by molar-refractivity contribution is -0.152. The minimum atomic E-state index is -0.924. The highest BCUT2D eigenvalue weighted by Gasteiger charge is 2.51. The number of fused-ring (bicyclic) bond motifs is 1. The number of carboxylic acids is 1. The van der Waals surface area contributed by atoms with E-state index in [-0.39, 0.29) is 24.4 Å². The molecule has 4 unspecified atom stereocenters. The molecule has 0 aromatic heterocycles. The Morgan fingerprint density at radius 3 is 2.04 bits per heavy atom. The van der Waals surface area contributed by atoms with Crippen molar-refractivity contribution in [3.63, 3.8) is 0 Å². The second kappa shape index (κ2) is 6.78. The zero-order chi connectivity index (χ0) is 19.2. The fraction of sp³-hybridized carbons (Fsp3) is 0.619. The van der Waals surface area contributed by atoms with Crippen molar-refractivity contribution in [1.29, 1.82) is 0 Å². The summed E-state index contributed by atoms with van der Waals surface area (Å²) < 4.78 is 11.7. The van der Waals surface area contributed by atoms with Gasteiger partial charge in [-0.15, -0.1) is 0 Å². The maximum atomic E-state index is 13.1. The first-order valence-corrected chi connectivity index (χ1v) is 9.25. The van der Waals surface area contributed by atoms with Crippen LogP contribution in [-0.4, -0.2) is 34.9 Å². The second-order valence-electron chi connectivity index (χ2n) is 8.26. The highest BCUT2D eigenvalue weighted by atomic mass is 16.7. The van der Waals surface area contributed by atoms with Gasteiger partial charge in [0, 0.05) is 12.3 Å². The molecule has 1 saturated heterocycles. The number of carboxylic acid groups (broad SMARTS) is 1. The molecular weight excluding hydrogens is 332 g/mol. The Morgan fingerprint density at radius 2 is 1.54 bits per heavy atom. The predicted molar refractivity (Wildman–Crippen MR) is 97.0 cm³/mol. The zero-order valence-corrected chi connectivity index (χ0v) is 16.2. The zero-order valence-electron chi connectivity index (χ0n) is 16.2. The van der Waals surface area contributed by atoms with Crippen molar-refractivity contribution < 1.29 is 24.2 Å². The molecule has 1 aliphatic carbocycles. The van der Waals surface area contributed by atoms with Crippen LogP contribution in [0.3, 0.4) is 0 Å². The van der Waals surface area contributed by atoms with E-state index in [1.54, 1.807) is 0 Å². The molecule has 0 bridgehead atoms. The summed E-state index contributed by atoms with van der Waals surface area (Å²) in [6.45, 7) is 9.70. The summed E-state index contributed by atoms with van der Waals surface area (Å²) >= 11 is 0. The van der Waals surface area contributed by atoms with E-state index in [0.29, 0.717) is 12.8 Å². The molecule has 1 N–H and O–H groups in total. The summed E-state index contributed by atoms with van der Waals surface area (Å²) in [5, 5.41) is 9.67. The lowest BCUT2D eigenvalue weighted by atomic mass is 9.73. The quantitative estimate of drug-likeness (QED) is 0.891. The summed E-state index contributed by atoms with van der Waals surface area (Å²) in [7, 11) is 0. The Kier molecular flexibility index (Phi) is 4.97. The molecule has 1 saturated carbocycles. The molecule has 3 rings (SSSR count). The van der Waals surface area contributed by atoms with Crippen LogP contribution in [0.25, 0.3) is 0 Å². The number of carbonyl (C=O) groups excluding carboxylic acids is 1. The summed E-state index contributed by atoms with van der Waals surface area (Å²) in [5.74, 6) is -2.91. The van der Waals surface area contributed by atoms with Crippen molar-refractivity contribution in [3.8, 4) is 0 Å². The molecule has 26 heavy (non-hydrogen) atoms. The van der Waals surface area contributed by atoms with Gasteiger partial charge < -0.3 is 14.6 Å². The van der Waals surface area contributed by atoms with Crippen molar-refractivity contribution in [2.75, 3.05) is 0 Å². The molecule has 5 heteroatoms. The van der Waals surface area contributed by atoms with Crippen molar-refractivity contribution in [2.24, 2.45) is 11.8 Å². The smallest absolute Gasteiger partial charge is 0.307 e. The number of aliphatic carboxylic acids is 1. The van der Waals surface area contributed by atoms with Gasteiger partial charge in [0.25, 0.3) is 0 Å². The van der Waals surface area contributed by atoms with E-state index < -0.39 is 23.6 Å². The van der Waals surface area contributed by atoms with Crippen LogP contribution in [0.2, 0.25) is 0 Å². The topological polar surface area (TPSA) is 72.8 Å². The minimum Gasteiger partial charge on any atom is -0.481 e. The van der Waals surface area contributed by atoms with Crippen LogP contribution in [0.15, 0.2) is 12.1 Å². The third-order valence-corrected chi connectivity index (χ3v) is 5.67. The van der Waals surface area contributed by atoms with E-state index in [2.05, 4.69) is 12.1 Å². The number of Topliss-reactive ketones (excluding diaryl/α,β-unsaturated/α-hetero) is 1. The van der Waals surface area contributed by atoms with Crippen LogP contribution in [-0.2, 0) is 25.5 Å². The predicted octanol–water partition coefficient (Wildman–Crippen LogP) is 3.35. The molecule has 4 atom stereocenters. The molecule has 0 amide bonds. The number of ketones is 1. The van der Waals surface area contributed by atoms with Gasteiger partial charge in [-0.3, -0.25) is 9.59 Å². The van der Waals surface area contributed by atoms with Gasteiger partial charge in [-0.2, -0.15) is 0 Å². The molecule has 0 spiro atoms. The molecule has 1 aliphatic heterocycles. The molecule has 1 heterocycles. The molecule has 2 fully saturated rings. The monoisotopic (exact) mass is 360 g/mol. The molecule has 142 valence electrons. The van der Waals surface area contributed by atoms with Gasteiger partial charge in [-0.05, 0) is 64.2 Å². The molecule has 1 aromatic carbocycles. The number of aryl methyl sites for hydroxylation is 3. The Labute approximate surface area is 154 Å². The van der Waals surface area contributed by atoms with Gasteiger partial charge in [-0.25, -0.2) is 0 Å². The standard InChI is InChI=1S/C21H28O5/c1-11-6-12(2)14(13(3)7-11)8-17(22)15-9-18-19(10-16(15)20(23)24)26-21(4,5)25-18/h6-7,15-16,18-19H,8-10H2,1-5H3,(H,23,24). The highest BCUT2D eigenvalue weighted by Crippen LogP contribution is 2.42. The third-order valence-electron chi connectivity index (χ3n) is 5.67. The first-order valence-electron chi connectivity index (χ1n) is 9.25. The largest absolute Gasteiger partial charge is 0.481 e. The van der Waals surface area contributed by atoms with E-state index in [0.717, 1.165) is 16.7 Å². The molecular formula is C21H28O5. The Morgan fingerprint density at radius 1 is 1.04 bits per heavy atom. The van der Waals surface area contributed by atoms with Gasteiger partial charge in [-0.1, -0.05) is 17.7 Å². The molecule has 5 nitrogen and oxygen atoms in total. The minimum absolute atomic E-state index is 0.0146. The Balaban J connectivity index is 1.82. The van der Waals surface area contributed by atoms with Crippen molar-refractivity contribution >= 4 is 11.8 Å². The van der Waals surface area contributed by atoms with Crippen LogP contribution in [0.4, 0.5) is 0 Å². The lowest BCUT2D eigenvalue weighted by Crippen LogP contribution is -2.44. The van der Waals surface area contributed by atoms with Crippen molar-refractivity contribution in [3.05, 3.63) is 34.4 Å². The summed E-state index contributed by atoms with van der Waals surface area (Å²) in [6.07, 6.45) is 0.542. The van der Waals surface area contributed by atoms with Gasteiger partial charge in [0.15, 0.2) is 5.79 Å². The Hall–Kier alpha value is -1.72. The van der Waals surface area contributed by atoms with Gasteiger partial charge in [0.2, 0.25) is 0 Å². The van der Waals surface area contributed by atoms with Crippen LogP contribution >= 0.6 is 0 Å². The molecule has 0 radical (unpaired) electrons. The van der Waals surface area contributed by atoms with Gasteiger partial charge in [0.05, 0.1) is 18.1 Å².